The minimum absolute atomic E-state index is 0.179. The molecule has 2 saturated heterocycles. The summed E-state index contributed by atoms with van der Waals surface area (Å²) in [5, 5.41) is 3.46. The van der Waals surface area contributed by atoms with Gasteiger partial charge in [0.1, 0.15) is 5.75 Å². The summed E-state index contributed by atoms with van der Waals surface area (Å²) in [6, 6.07) is 14.3. The number of anilines is 1. The molecule has 2 fully saturated rings. The maximum Gasteiger partial charge on any atom is 0.322 e. The molecule has 0 bridgehead atoms. The predicted molar refractivity (Wildman–Crippen MR) is 125 cm³/mol. The van der Waals surface area contributed by atoms with Gasteiger partial charge in [-0.15, -0.1) is 0 Å². The minimum Gasteiger partial charge on any atom is -0.454 e. The van der Waals surface area contributed by atoms with E-state index in [1.165, 1.54) is 6.42 Å². The number of hydrogen-bond donors (Lipinski definition) is 1. The zero-order chi connectivity index (χ0) is 22.3. The number of halogens is 1. The fourth-order valence-corrected chi connectivity index (χ4v) is 4.22. The molecule has 0 spiro atoms. The third-order valence-electron chi connectivity index (χ3n) is 5.91. The Labute approximate surface area is 193 Å². The minimum atomic E-state index is -0.179. The molecule has 2 aromatic carbocycles. The summed E-state index contributed by atoms with van der Waals surface area (Å²) in [5.74, 6) is 1.26. The van der Waals surface area contributed by atoms with Gasteiger partial charge in [0, 0.05) is 39.3 Å². The Bertz CT molecular complexity index is 940. The van der Waals surface area contributed by atoms with Crippen LogP contribution in [0.4, 0.5) is 10.5 Å². The Morgan fingerprint density at radius 2 is 1.47 bits per heavy atom. The molecule has 0 radical (unpaired) electrons. The van der Waals surface area contributed by atoms with Crippen molar-refractivity contribution in [1.82, 2.24) is 14.7 Å². The highest BCUT2D eigenvalue weighted by Gasteiger charge is 2.25. The molecule has 0 unspecified atom stereocenters. The Morgan fingerprint density at radius 1 is 0.812 bits per heavy atom. The number of urea groups is 1. The van der Waals surface area contributed by atoms with Crippen molar-refractivity contribution in [2.24, 2.45) is 0 Å². The molecular weight excluding hydrogens is 428 g/mol. The zero-order valence-electron chi connectivity index (χ0n) is 18.1. The number of piperazine rings is 1. The quantitative estimate of drug-likeness (QED) is 0.728. The molecule has 4 rings (SSSR count). The van der Waals surface area contributed by atoms with E-state index in [0.29, 0.717) is 54.9 Å². The van der Waals surface area contributed by atoms with Gasteiger partial charge < -0.3 is 19.9 Å². The predicted octanol–water partition coefficient (Wildman–Crippen LogP) is 4.29. The van der Waals surface area contributed by atoms with E-state index in [-0.39, 0.29) is 11.9 Å². The second-order valence-electron chi connectivity index (χ2n) is 8.16. The van der Waals surface area contributed by atoms with Crippen LogP contribution in [-0.2, 0) is 4.79 Å². The van der Waals surface area contributed by atoms with Gasteiger partial charge in [-0.05, 0) is 43.5 Å². The maximum absolute atomic E-state index is 12.9. The van der Waals surface area contributed by atoms with Crippen molar-refractivity contribution in [1.29, 1.82) is 0 Å². The molecule has 8 heteroatoms. The third-order valence-corrected chi connectivity index (χ3v) is 6.22. The number of amides is 3. The fourth-order valence-electron chi connectivity index (χ4n) is 4.04. The molecule has 0 aliphatic carbocycles. The standard InChI is InChI=1S/C24H29ClN4O3/c25-19-8-2-4-10-21(19)32-22-11-5-3-9-20(22)26-24(31)29-16-14-27(15-17-29)18-23(30)28-12-6-1-7-13-28/h2-5,8-11H,1,6-7,12-18H2,(H,26,31). The monoisotopic (exact) mass is 456 g/mol. The molecule has 2 aliphatic heterocycles. The van der Waals surface area contributed by atoms with Gasteiger partial charge >= 0.3 is 6.03 Å². The number of para-hydroxylation sites is 3. The number of likely N-dealkylation sites (tertiary alicyclic amines) is 1. The molecule has 2 aliphatic rings. The van der Waals surface area contributed by atoms with Crippen molar-refractivity contribution >= 4 is 29.2 Å². The lowest BCUT2D eigenvalue weighted by molar-refractivity contribution is -0.133. The number of nitrogens with one attached hydrogen (secondary N) is 1. The highest BCUT2D eigenvalue weighted by atomic mass is 35.5. The van der Waals surface area contributed by atoms with Gasteiger partial charge in [-0.2, -0.15) is 0 Å². The second kappa shape index (κ2) is 10.7. The van der Waals surface area contributed by atoms with Crippen LogP contribution in [0.5, 0.6) is 11.5 Å². The van der Waals surface area contributed by atoms with Crippen molar-refractivity contribution in [3.05, 3.63) is 53.6 Å². The molecule has 3 amide bonds. The summed E-state index contributed by atoms with van der Waals surface area (Å²) in [7, 11) is 0. The molecule has 0 aromatic heterocycles. The van der Waals surface area contributed by atoms with Crippen molar-refractivity contribution in [2.45, 2.75) is 19.3 Å². The summed E-state index contributed by atoms with van der Waals surface area (Å²) >= 11 is 6.20. The van der Waals surface area contributed by atoms with Crippen LogP contribution < -0.4 is 10.1 Å². The van der Waals surface area contributed by atoms with Crippen LogP contribution in [0.1, 0.15) is 19.3 Å². The van der Waals surface area contributed by atoms with Gasteiger partial charge in [-0.1, -0.05) is 35.9 Å². The van der Waals surface area contributed by atoms with Crippen molar-refractivity contribution in [3.63, 3.8) is 0 Å². The van der Waals surface area contributed by atoms with Crippen LogP contribution in [0.15, 0.2) is 48.5 Å². The Morgan fingerprint density at radius 3 is 2.19 bits per heavy atom. The summed E-state index contributed by atoms with van der Waals surface area (Å²) in [6.07, 6.45) is 3.41. The lowest BCUT2D eigenvalue weighted by Gasteiger charge is -2.36. The number of carbonyl (C=O) groups excluding carboxylic acids is 2. The molecule has 2 heterocycles. The first kappa shape index (κ1) is 22.4. The summed E-state index contributed by atoms with van der Waals surface area (Å²) in [6.45, 7) is 4.70. The third kappa shape index (κ3) is 5.72. The van der Waals surface area contributed by atoms with E-state index in [0.717, 1.165) is 25.9 Å². The van der Waals surface area contributed by atoms with Crippen LogP contribution >= 0.6 is 11.6 Å². The van der Waals surface area contributed by atoms with Gasteiger partial charge in [0.15, 0.2) is 5.75 Å². The normalized spacial score (nSPS) is 17.2. The number of piperidine rings is 1. The number of carbonyl (C=O) groups is 2. The number of nitrogens with zero attached hydrogens (tertiary/aromatic N) is 3. The lowest BCUT2D eigenvalue weighted by atomic mass is 10.1. The summed E-state index contributed by atoms with van der Waals surface area (Å²) in [5.41, 5.74) is 0.583. The van der Waals surface area contributed by atoms with Gasteiger partial charge in [0.25, 0.3) is 0 Å². The lowest BCUT2D eigenvalue weighted by Crippen LogP contribution is -2.52. The average molecular weight is 457 g/mol. The molecule has 1 N–H and O–H groups in total. The molecule has 170 valence electrons. The highest BCUT2D eigenvalue weighted by molar-refractivity contribution is 6.32. The number of hydrogen-bond acceptors (Lipinski definition) is 4. The number of rotatable bonds is 5. The van der Waals surface area contributed by atoms with Crippen molar-refractivity contribution < 1.29 is 14.3 Å². The summed E-state index contributed by atoms with van der Waals surface area (Å²) < 4.78 is 5.93. The van der Waals surface area contributed by atoms with E-state index in [9.17, 15) is 9.59 Å². The maximum atomic E-state index is 12.9. The molecule has 0 saturated carbocycles. The second-order valence-corrected chi connectivity index (χ2v) is 8.57. The SMILES string of the molecule is O=C(CN1CCN(C(=O)Nc2ccccc2Oc2ccccc2Cl)CC1)N1CCCCC1. The number of benzene rings is 2. The Balaban J connectivity index is 1.30. The van der Waals surface area contributed by atoms with E-state index < -0.39 is 0 Å². The number of ether oxygens (including phenoxy) is 1. The largest absolute Gasteiger partial charge is 0.454 e. The first-order valence-electron chi connectivity index (χ1n) is 11.2. The van der Waals surface area contributed by atoms with Gasteiger partial charge in [-0.25, -0.2) is 4.79 Å². The Hall–Kier alpha value is -2.77. The first-order chi connectivity index (χ1) is 15.6. The smallest absolute Gasteiger partial charge is 0.322 e. The van der Waals surface area contributed by atoms with Gasteiger partial charge in [0.05, 0.1) is 17.3 Å². The van der Waals surface area contributed by atoms with E-state index in [1.807, 2.05) is 29.2 Å². The van der Waals surface area contributed by atoms with E-state index >= 15 is 0 Å². The summed E-state index contributed by atoms with van der Waals surface area (Å²) in [4.78, 5) is 31.2. The molecular formula is C24H29ClN4O3. The van der Waals surface area contributed by atoms with Gasteiger partial charge in [0.2, 0.25) is 5.91 Å². The topological polar surface area (TPSA) is 65.1 Å². The van der Waals surface area contributed by atoms with E-state index in [2.05, 4.69) is 10.2 Å². The molecule has 0 atom stereocenters. The molecule has 32 heavy (non-hydrogen) atoms. The van der Waals surface area contributed by atoms with E-state index in [4.69, 9.17) is 16.3 Å². The first-order valence-corrected chi connectivity index (χ1v) is 11.6. The Kier molecular flexibility index (Phi) is 7.50. The fraction of sp³-hybridized carbons (Fsp3) is 0.417. The average Bonchev–Trinajstić information content (AvgIpc) is 2.83. The zero-order valence-corrected chi connectivity index (χ0v) is 18.9. The van der Waals surface area contributed by atoms with E-state index in [1.54, 1.807) is 29.2 Å². The molecule has 2 aromatic rings. The van der Waals surface area contributed by atoms with Gasteiger partial charge in [-0.3, -0.25) is 9.69 Å². The van der Waals surface area contributed by atoms with Crippen LogP contribution in [0.25, 0.3) is 0 Å². The van der Waals surface area contributed by atoms with Crippen molar-refractivity contribution in [3.8, 4) is 11.5 Å². The van der Waals surface area contributed by atoms with Crippen LogP contribution in [0.3, 0.4) is 0 Å². The highest BCUT2D eigenvalue weighted by Crippen LogP contribution is 2.33. The van der Waals surface area contributed by atoms with Crippen LogP contribution in [0.2, 0.25) is 5.02 Å². The molecule has 7 nitrogen and oxygen atoms in total. The van der Waals surface area contributed by atoms with Crippen molar-refractivity contribution in [2.75, 3.05) is 51.1 Å². The van der Waals surface area contributed by atoms with Crippen LogP contribution in [0, 0.1) is 0 Å². The van der Waals surface area contributed by atoms with Crippen LogP contribution in [-0.4, -0.2) is 72.5 Å².